The van der Waals surface area contributed by atoms with Crippen LogP contribution in [0.1, 0.15) is 17.3 Å². The first kappa shape index (κ1) is 16.6. The van der Waals surface area contributed by atoms with Gasteiger partial charge in [-0.2, -0.15) is 5.10 Å². The highest BCUT2D eigenvalue weighted by Crippen LogP contribution is 2.19. The molecule has 24 heavy (non-hydrogen) atoms. The van der Waals surface area contributed by atoms with Gasteiger partial charge in [-0.1, -0.05) is 0 Å². The van der Waals surface area contributed by atoms with Crippen molar-refractivity contribution in [2.45, 2.75) is 13.0 Å². The predicted octanol–water partition coefficient (Wildman–Crippen LogP) is 0.621. The van der Waals surface area contributed by atoms with E-state index >= 15 is 0 Å². The minimum Gasteiger partial charge on any atom is -0.392 e. The highest BCUT2D eigenvalue weighted by atomic mass is 16.3. The number of aromatic nitrogens is 3. The monoisotopic (exact) mass is 329 g/mol. The van der Waals surface area contributed by atoms with E-state index in [1.165, 1.54) is 0 Å². The van der Waals surface area contributed by atoms with Crippen molar-refractivity contribution in [1.29, 1.82) is 0 Å². The Bertz CT molecular complexity index is 705. The van der Waals surface area contributed by atoms with Crippen LogP contribution in [0.5, 0.6) is 0 Å². The van der Waals surface area contributed by atoms with E-state index in [1.54, 1.807) is 30.2 Å². The van der Waals surface area contributed by atoms with Gasteiger partial charge in [0, 0.05) is 69.5 Å². The molecule has 128 valence electrons. The standard InChI is InChI=1S/C17H23N5O2/c1-13(23)11-21-3-5-22(6-4-21)17(24)15-7-14(8-18-9-15)16-10-19-20(2)12-16/h7-10,12-13,23H,3-6,11H2,1-2H3/t13-/m1/s1. The van der Waals surface area contributed by atoms with Gasteiger partial charge in [-0.3, -0.25) is 19.4 Å². The average molecular weight is 329 g/mol. The van der Waals surface area contributed by atoms with Gasteiger partial charge >= 0.3 is 0 Å². The van der Waals surface area contributed by atoms with E-state index in [4.69, 9.17) is 0 Å². The van der Waals surface area contributed by atoms with Gasteiger partial charge in [0.15, 0.2) is 0 Å². The van der Waals surface area contributed by atoms with Crippen LogP contribution in [0, 0.1) is 0 Å². The number of piperazine rings is 1. The Morgan fingerprint density at radius 3 is 2.58 bits per heavy atom. The number of rotatable bonds is 4. The molecule has 0 bridgehead atoms. The third kappa shape index (κ3) is 3.80. The molecule has 1 aliphatic rings. The summed E-state index contributed by atoms with van der Waals surface area (Å²) in [5.41, 5.74) is 2.43. The van der Waals surface area contributed by atoms with Gasteiger partial charge in [0.25, 0.3) is 5.91 Å². The third-order valence-electron chi connectivity index (χ3n) is 4.21. The Morgan fingerprint density at radius 2 is 1.96 bits per heavy atom. The lowest BCUT2D eigenvalue weighted by molar-refractivity contribution is 0.0554. The molecule has 7 heteroatoms. The number of hydrogen-bond donors (Lipinski definition) is 1. The SMILES string of the molecule is C[C@@H](O)CN1CCN(C(=O)c2cncc(-c3cnn(C)c3)c2)CC1. The summed E-state index contributed by atoms with van der Waals surface area (Å²) in [6, 6.07) is 1.87. The van der Waals surface area contributed by atoms with Crippen LogP contribution in [-0.2, 0) is 7.05 Å². The first-order valence-corrected chi connectivity index (χ1v) is 8.16. The lowest BCUT2D eigenvalue weighted by atomic mass is 10.1. The Hall–Kier alpha value is -2.25. The maximum Gasteiger partial charge on any atom is 0.255 e. The smallest absolute Gasteiger partial charge is 0.255 e. The van der Waals surface area contributed by atoms with E-state index in [0.717, 1.165) is 24.2 Å². The molecule has 1 amide bonds. The molecule has 1 saturated heterocycles. The Kier molecular flexibility index (Phi) is 4.92. The van der Waals surface area contributed by atoms with E-state index in [1.807, 2.05) is 24.2 Å². The summed E-state index contributed by atoms with van der Waals surface area (Å²) in [5.74, 6) is 0.00457. The number of carbonyl (C=O) groups is 1. The number of pyridine rings is 1. The number of carbonyl (C=O) groups excluding carboxylic acids is 1. The quantitative estimate of drug-likeness (QED) is 0.890. The van der Waals surface area contributed by atoms with E-state index in [2.05, 4.69) is 15.0 Å². The van der Waals surface area contributed by atoms with E-state index in [-0.39, 0.29) is 12.0 Å². The molecule has 0 saturated carbocycles. The van der Waals surface area contributed by atoms with Crippen LogP contribution in [0.2, 0.25) is 0 Å². The zero-order valence-corrected chi connectivity index (χ0v) is 14.1. The number of aryl methyl sites for hydroxylation is 1. The minimum atomic E-state index is -0.340. The Labute approximate surface area is 141 Å². The molecule has 0 radical (unpaired) electrons. The van der Waals surface area contributed by atoms with Gasteiger partial charge in [0.1, 0.15) is 0 Å². The summed E-state index contributed by atoms with van der Waals surface area (Å²) >= 11 is 0. The number of nitrogens with zero attached hydrogens (tertiary/aromatic N) is 5. The third-order valence-corrected chi connectivity index (χ3v) is 4.21. The van der Waals surface area contributed by atoms with Gasteiger partial charge in [-0.05, 0) is 13.0 Å². The summed E-state index contributed by atoms with van der Waals surface area (Å²) in [5, 5.41) is 13.6. The zero-order chi connectivity index (χ0) is 17.1. The minimum absolute atomic E-state index is 0.00457. The van der Waals surface area contributed by atoms with E-state index in [9.17, 15) is 9.90 Å². The van der Waals surface area contributed by atoms with Crippen LogP contribution in [0.15, 0.2) is 30.9 Å². The Morgan fingerprint density at radius 1 is 1.21 bits per heavy atom. The fourth-order valence-corrected chi connectivity index (χ4v) is 2.97. The summed E-state index contributed by atoms with van der Waals surface area (Å²) in [6.07, 6.45) is 6.69. The van der Waals surface area contributed by atoms with Crippen molar-refractivity contribution >= 4 is 5.91 Å². The molecule has 3 heterocycles. The van der Waals surface area contributed by atoms with Gasteiger partial charge in [0.2, 0.25) is 0 Å². The molecule has 7 nitrogen and oxygen atoms in total. The second kappa shape index (κ2) is 7.11. The number of β-amino-alcohol motifs (C(OH)–C–C–N with tert-alkyl or cyclic N) is 1. The van der Waals surface area contributed by atoms with Crippen molar-refractivity contribution in [3.63, 3.8) is 0 Å². The molecule has 2 aromatic rings. The second-order valence-corrected chi connectivity index (χ2v) is 6.31. The van der Waals surface area contributed by atoms with Gasteiger partial charge in [0.05, 0.1) is 17.9 Å². The molecule has 0 aromatic carbocycles. The van der Waals surface area contributed by atoms with Crippen molar-refractivity contribution in [3.8, 4) is 11.1 Å². The molecule has 0 unspecified atom stereocenters. The molecule has 3 rings (SSSR count). The van der Waals surface area contributed by atoms with Gasteiger partial charge in [-0.15, -0.1) is 0 Å². The molecule has 2 aromatic heterocycles. The van der Waals surface area contributed by atoms with Gasteiger partial charge < -0.3 is 10.0 Å². The fourth-order valence-electron chi connectivity index (χ4n) is 2.97. The first-order chi connectivity index (χ1) is 11.5. The lowest BCUT2D eigenvalue weighted by Crippen LogP contribution is -2.50. The summed E-state index contributed by atoms with van der Waals surface area (Å²) < 4.78 is 1.73. The molecule has 1 atom stereocenters. The van der Waals surface area contributed by atoms with Crippen molar-refractivity contribution < 1.29 is 9.90 Å². The van der Waals surface area contributed by atoms with Crippen LogP contribution in [-0.4, -0.2) is 74.4 Å². The van der Waals surface area contributed by atoms with Crippen molar-refractivity contribution in [1.82, 2.24) is 24.6 Å². The van der Waals surface area contributed by atoms with E-state index < -0.39 is 0 Å². The number of aliphatic hydroxyl groups excluding tert-OH is 1. The molecule has 1 N–H and O–H groups in total. The lowest BCUT2D eigenvalue weighted by Gasteiger charge is -2.35. The highest BCUT2D eigenvalue weighted by Gasteiger charge is 2.23. The maximum atomic E-state index is 12.7. The largest absolute Gasteiger partial charge is 0.392 e. The average Bonchev–Trinajstić information content (AvgIpc) is 3.01. The second-order valence-electron chi connectivity index (χ2n) is 6.31. The van der Waals surface area contributed by atoms with Crippen LogP contribution in [0.3, 0.4) is 0 Å². The summed E-state index contributed by atoms with van der Waals surface area (Å²) in [4.78, 5) is 21.0. The molecule has 1 fully saturated rings. The van der Waals surface area contributed by atoms with Crippen molar-refractivity contribution in [3.05, 3.63) is 36.4 Å². The summed E-state index contributed by atoms with van der Waals surface area (Å²) in [7, 11) is 1.86. The summed E-state index contributed by atoms with van der Waals surface area (Å²) in [6.45, 7) is 5.34. The van der Waals surface area contributed by atoms with Crippen molar-refractivity contribution in [2.75, 3.05) is 32.7 Å². The normalized spacial score (nSPS) is 17.0. The molecule has 0 aliphatic carbocycles. The fraction of sp³-hybridized carbons (Fsp3) is 0.471. The molecule has 0 spiro atoms. The highest BCUT2D eigenvalue weighted by molar-refractivity contribution is 5.95. The van der Waals surface area contributed by atoms with Gasteiger partial charge in [-0.25, -0.2) is 0 Å². The molecular formula is C17H23N5O2. The number of amides is 1. The predicted molar refractivity (Wildman–Crippen MR) is 90.5 cm³/mol. The van der Waals surface area contributed by atoms with Crippen LogP contribution in [0.25, 0.3) is 11.1 Å². The zero-order valence-electron chi connectivity index (χ0n) is 14.1. The van der Waals surface area contributed by atoms with E-state index in [0.29, 0.717) is 25.2 Å². The number of hydrogen-bond acceptors (Lipinski definition) is 5. The topological polar surface area (TPSA) is 74.5 Å². The number of aliphatic hydroxyl groups is 1. The molecule has 1 aliphatic heterocycles. The first-order valence-electron chi connectivity index (χ1n) is 8.16. The Balaban J connectivity index is 1.68. The van der Waals surface area contributed by atoms with Crippen LogP contribution < -0.4 is 0 Å². The van der Waals surface area contributed by atoms with Crippen LogP contribution >= 0.6 is 0 Å². The molecular weight excluding hydrogens is 306 g/mol. The van der Waals surface area contributed by atoms with Crippen LogP contribution in [0.4, 0.5) is 0 Å². The maximum absolute atomic E-state index is 12.7. The van der Waals surface area contributed by atoms with Crippen molar-refractivity contribution in [2.24, 2.45) is 7.05 Å².